The van der Waals surface area contributed by atoms with Crippen LogP contribution in [0.3, 0.4) is 0 Å². The molecule has 0 bridgehead atoms. The Morgan fingerprint density at radius 3 is 2.06 bits per heavy atom. The molecule has 0 unspecified atom stereocenters. The lowest BCUT2D eigenvalue weighted by molar-refractivity contribution is 0.669. The van der Waals surface area contributed by atoms with E-state index in [1.54, 1.807) is 18.2 Å². The first-order valence-corrected chi connectivity index (χ1v) is 11.7. The van der Waals surface area contributed by atoms with E-state index in [4.69, 9.17) is 4.42 Å². The van der Waals surface area contributed by atoms with E-state index in [1.165, 1.54) is 0 Å². The molecule has 2 heterocycles. The molecule has 2 aromatic heterocycles. The zero-order valence-electron chi connectivity index (χ0n) is 19.1. The van der Waals surface area contributed by atoms with Crippen LogP contribution in [-0.2, 0) is 0 Å². The fourth-order valence-electron chi connectivity index (χ4n) is 5.39. The van der Waals surface area contributed by atoms with Gasteiger partial charge in [-0.3, -0.25) is 0 Å². The maximum Gasteiger partial charge on any atom is 0.135 e. The van der Waals surface area contributed by atoms with E-state index < -0.39 is 0 Å². The van der Waals surface area contributed by atoms with Crippen LogP contribution in [0.25, 0.3) is 60.6 Å². The summed E-state index contributed by atoms with van der Waals surface area (Å²) in [5.41, 5.74) is 7.34. The van der Waals surface area contributed by atoms with Crippen molar-refractivity contribution in [2.45, 2.75) is 0 Å². The molecule has 0 radical (unpaired) electrons. The Balaban J connectivity index is 1.61. The van der Waals surface area contributed by atoms with Crippen molar-refractivity contribution in [2.24, 2.45) is 0 Å². The van der Waals surface area contributed by atoms with E-state index in [-0.39, 0.29) is 0 Å². The van der Waals surface area contributed by atoms with Gasteiger partial charge in [-0.1, -0.05) is 54.6 Å². The first kappa shape index (κ1) is 20.1. The standard InChI is InChI=1S/C32H17N3O/c33-18-20-7-5-8-21(19-34)31(20)25-11-6-13-28-32(25)24-10-1-3-12-27(24)35(28)22-15-16-30-26(17-22)23-9-2-4-14-29(23)36-30/h1-17H. The topological polar surface area (TPSA) is 65.7 Å². The molecule has 166 valence electrons. The normalized spacial score (nSPS) is 11.3. The molecule has 4 heteroatoms. The smallest absolute Gasteiger partial charge is 0.135 e. The fourth-order valence-corrected chi connectivity index (χ4v) is 5.39. The number of hydrogen-bond acceptors (Lipinski definition) is 3. The van der Waals surface area contributed by atoms with Crippen molar-refractivity contribution in [1.29, 1.82) is 10.5 Å². The lowest BCUT2D eigenvalue weighted by Crippen LogP contribution is -1.94. The summed E-state index contributed by atoms with van der Waals surface area (Å²) in [7, 11) is 0. The zero-order chi connectivity index (χ0) is 24.2. The Morgan fingerprint density at radius 2 is 1.25 bits per heavy atom. The van der Waals surface area contributed by atoms with Crippen molar-refractivity contribution in [3.63, 3.8) is 0 Å². The summed E-state index contributed by atoms with van der Waals surface area (Å²) < 4.78 is 8.30. The van der Waals surface area contributed by atoms with Crippen LogP contribution in [0.1, 0.15) is 11.1 Å². The SMILES string of the molecule is N#Cc1cccc(C#N)c1-c1cccc2c1c1ccccc1n2-c1ccc2oc3ccccc3c2c1. The molecule has 0 aliphatic heterocycles. The summed E-state index contributed by atoms with van der Waals surface area (Å²) >= 11 is 0. The summed E-state index contributed by atoms with van der Waals surface area (Å²) in [5, 5.41) is 24.0. The van der Waals surface area contributed by atoms with Gasteiger partial charge in [-0.15, -0.1) is 0 Å². The van der Waals surface area contributed by atoms with Gasteiger partial charge in [0.25, 0.3) is 0 Å². The average Bonchev–Trinajstić information content (AvgIpc) is 3.48. The zero-order valence-corrected chi connectivity index (χ0v) is 19.1. The van der Waals surface area contributed by atoms with Gasteiger partial charge in [-0.2, -0.15) is 10.5 Å². The van der Waals surface area contributed by atoms with Crippen molar-refractivity contribution in [2.75, 3.05) is 0 Å². The van der Waals surface area contributed by atoms with Gasteiger partial charge >= 0.3 is 0 Å². The number of nitrogens with zero attached hydrogens (tertiary/aromatic N) is 3. The van der Waals surface area contributed by atoms with Gasteiger partial charge < -0.3 is 8.98 Å². The van der Waals surface area contributed by atoms with Gasteiger partial charge in [-0.25, -0.2) is 0 Å². The summed E-state index contributed by atoms with van der Waals surface area (Å²) in [6.45, 7) is 0. The number of furan rings is 1. The first-order valence-electron chi connectivity index (χ1n) is 11.7. The number of rotatable bonds is 2. The highest BCUT2D eigenvalue weighted by molar-refractivity contribution is 6.16. The van der Waals surface area contributed by atoms with Crippen LogP contribution >= 0.6 is 0 Å². The summed E-state index contributed by atoms with van der Waals surface area (Å²) in [5.74, 6) is 0. The highest BCUT2D eigenvalue weighted by Crippen LogP contribution is 2.41. The second-order valence-electron chi connectivity index (χ2n) is 8.78. The largest absolute Gasteiger partial charge is 0.456 e. The van der Waals surface area contributed by atoms with Gasteiger partial charge in [0.1, 0.15) is 11.2 Å². The number of fused-ring (bicyclic) bond motifs is 6. The number of aromatic nitrogens is 1. The van der Waals surface area contributed by atoms with Crippen LogP contribution in [0.15, 0.2) is 108 Å². The Hall–Kier alpha value is -5.32. The molecule has 0 N–H and O–H groups in total. The third-order valence-electron chi connectivity index (χ3n) is 6.89. The summed E-state index contributed by atoms with van der Waals surface area (Å²) in [6.07, 6.45) is 0. The van der Waals surface area contributed by atoms with E-state index in [0.717, 1.165) is 55.0 Å². The third-order valence-corrected chi connectivity index (χ3v) is 6.89. The van der Waals surface area contributed by atoms with Crippen LogP contribution in [-0.4, -0.2) is 4.57 Å². The molecule has 7 rings (SSSR count). The molecular weight excluding hydrogens is 442 g/mol. The van der Waals surface area contributed by atoms with E-state index in [1.807, 2.05) is 48.5 Å². The number of hydrogen-bond donors (Lipinski definition) is 0. The fraction of sp³-hybridized carbons (Fsp3) is 0. The second-order valence-corrected chi connectivity index (χ2v) is 8.78. The molecule has 0 saturated heterocycles. The lowest BCUT2D eigenvalue weighted by Gasteiger charge is -2.11. The molecule has 4 nitrogen and oxygen atoms in total. The second kappa shape index (κ2) is 7.60. The van der Waals surface area contributed by atoms with Crippen LogP contribution in [0.2, 0.25) is 0 Å². The monoisotopic (exact) mass is 459 g/mol. The van der Waals surface area contributed by atoms with Gasteiger partial charge in [0.15, 0.2) is 0 Å². The predicted molar refractivity (Wildman–Crippen MR) is 143 cm³/mol. The van der Waals surface area contributed by atoms with Crippen molar-refractivity contribution < 1.29 is 4.42 Å². The van der Waals surface area contributed by atoms with Crippen LogP contribution in [0.5, 0.6) is 0 Å². The Kier molecular flexibility index (Phi) is 4.24. The minimum Gasteiger partial charge on any atom is -0.456 e. The minimum absolute atomic E-state index is 0.490. The molecule has 0 aliphatic rings. The van der Waals surface area contributed by atoms with Crippen molar-refractivity contribution in [1.82, 2.24) is 4.57 Å². The maximum absolute atomic E-state index is 9.86. The molecule has 0 fully saturated rings. The molecular formula is C32H17N3O. The van der Waals surface area contributed by atoms with E-state index in [0.29, 0.717) is 16.7 Å². The minimum atomic E-state index is 0.490. The maximum atomic E-state index is 9.86. The summed E-state index contributed by atoms with van der Waals surface area (Å²) in [4.78, 5) is 0. The molecule has 0 amide bonds. The Bertz CT molecular complexity index is 2050. The van der Waals surface area contributed by atoms with Crippen LogP contribution in [0, 0.1) is 22.7 Å². The van der Waals surface area contributed by atoms with Gasteiger partial charge in [0.2, 0.25) is 0 Å². The van der Waals surface area contributed by atoms with Gasteiger partial charge in [0, 0.05) is 32.8 Å². The van der Waals surface area contributed by atoms with E-state index in [9.17, 15) is 10.5 Å². The van der Waals surface area contributed by atoms with E-state index >= 15 is 0 Å². The first-order chi connectivity index (χ1) is 17.8. The van der Waals surface area contributed by atoms with Crippen LogP contribution in [0.4, 0.5) is 0 Å². The van der Waals surface area contributed by atoms with Crippen molar-refractivity contribution >= 4 is 43.7 Å². The van der Waals surface area contributed by atoms with Gasteiger partial charge in [0.05, 0.1) is 34.3 Å². The third kappa shape index (κ3) is 2.73. The molecule has 36 heavy (non-hydrogen) atoms. The van der Waals surface area contributed by atoms with Crippen LogP contribution < -0.4 is 0 Å². The Morgan fingerprint density at radius 1 is 0.583 bits per heavy atom. The molecule has 5 aromatic carbocycles. The van der Waals surface area contributed by atoms with E-state index in [2.05, 4.69) is 53.1 Å². The Labute approximate surface area is 206 Å². The van der Waals surface area contributed by atoms with Crippen molar-refractivity contribution in [3.05, 3.63) is 114 Å². The average molecular weight is 460 g/mol. The molecule has 7 aromatic rings. The highest BCUT2D eigenvalue weighted by atomic mass is 16.3. The molecule has 0 aliphatic carbocycles. The number of nitriles is 2. The van der Waals surface area contributed by atoms with Crippen molar-refractivity contribution in [3.8, 4) is 29.0 Å². The predicted octanol–water partition coefficient (Wildman–Crippen LogP) is 8.09. The van der Waals surface area contributed by atoms with Gasteiger partial charge in [-0.05, 0) is 54.1 Å². The highest BCUT2D eigenvalue weighted by Gasteiger charge is 2.20. The number of benzene rings is 5. The molecule has 0 atom stereocenters. The summed E-state index contributed by atoms with van der Waals surface area (Å²) in [6, 6.07) is 38.6. The quantitative estimate of drug-likeness (QED) is 0.262. The molecule has 0 spiro atoms. The number of para-hydroxylation sites is 2. The lowest BCUT2D eigenvalue weighted by atomic mass is 9.92. The molecule has 0 saturated carbocycles.